The Hall–Kier alpha value is -2.85. The van der Waals surface area contributed by atoms with Crippen LogP contribution >= 0.6 is 0 Å². The standard InChI is InChI=1S/C20H18N2O2/c23-19(16-10-5-7-14-6-1-2-8-15(14)16)12-22-13-21-18-11-4-3-9-17(18)20(22)24/h1-11,19,21,23H,12-13H2/t19-/m1/s1. The van der Waals surface area contributed by atoms with Crippen LogP contribution in [-0.2, 0) is 0 Å². The molecule has 1 amide bonds. The summed E-state index contributed by atoms with van der Waals surface area (Å²) in [5.74, 6) is -0.0522. The molecule has 1 aliphatic heterocycles. The van der Waals surface area contributed by atoms with Gasteiger partial charge in [-0.2, -0.15) is 0 Å². The van der Waals surface area contributed by atoms with E-state index in [1.165, 1.54) is 0 Å². The van der Waals surface area contributed by atoms with Crippen LogP contribution in [0.5, 0.6) is 0 Å². The van der Waals surface area contributed by atoms with E-state index in [4.69, 9.17) is 0 Å². The summed E-state index contributed by atoms with van der Waals surface area (Å²) in [6, 6.07) is 21.3. The summed E-state index contributed by atoms with van der Waals surface area (Å²) in [5.41, 5.74) is 2.34. The van der Waals surface area contributed by atoms with E-state index in [9.17, 15) is 9.90 Å². The Balaban J connectivity index is 1.60. The second kappa shape index (κ2) is 5.98. The van der Waals surface area contributed by atoms with Crippen molar-refractivity contribution < 1.29 is 9.90 Å². The molecule has 4 nitrogen and oxygen atoms in total. The topological polar surface area (TPSA) is 52.6 Å². The van der Waals surface area contributed by atoms with Crippen molar-refractivity contribution in [3.05, 3.63) is 77.9 Å². The molecule has 4 rings (SSSR count). The summed E-state index contributed by atoms with van der Waals surface area (Å²) in [4.78, 5) is 14.3. The number of anilines is 1. The molecule has 3 aromatic carbocycles. The van der Waals surface area contributed by atoms with Crippen molar-refractivity contribution in [3.63, 3.8) is 0 Å². The van der Waals surface area contributed by atoms with Crippen LogP contribution in [0.3, 0.4) is 0 Å². The van der Waals surface area contributed by atoms with Gasteiger partial charge in [-0.1, -0.05) is 54.6 Å². The van der Waals surface area contributed by atoms with Gasteiger partial charge in [0.25, 0.3) is 5.91 Å². The molecule has 2 N–H and O–H groups in total. The van der Waals surface area contributed by atoms with Crippen molar-refractivity contribution in [1.82, 2.24) is 4.90 Å². The number of fused-ring (bicyclic) bond motifs is 2. The molecule has 24 heavy (non-hydrogen) atoms. The van der Waals surface area contributed by atoms with Gasteiger partial charge >= 0.3 is 0 Å². The molecule has 0 spiro atoms. The van der Waals surface area contributed by atoms with Gasteiger partial charge in [0, 0.05) is 5.69 Å². The normalized spacial score (nSPS) is 15.0. The van der Waals surface area contributed by atoms with Crippen LogP contribution in [0.4, 0.5) is 5.69 Å². The quantitative estimate of drug-likeness (QED) is 0.778. The van der Waals surface area contributed by atoms with Gasteiger partial charge in [0.05, 0.1) is 24.9 Å². The molecule has 0 radical (unpaired) electrons. The molecule has 0 aliphatic carbocycles. The smallest absolute Gasteiger partial charge is 0.257 e. The first kappa shape index (κ1) is 14.7. The van der Waals surface area contributed by atoms with Gasteiger partial charge in [-0.05, 0) is 28.5 Å². The number of hydrogen-bond acceptors (Lipinski definition) is 3. The molecule has 3 aromatic rings. The molecule has 1 heterocycles. The number of benzene rings is 3. The Bertz CT molecular complexity index is 902. The molecule has 0 unspecified atom stereocenters. The van der Waals surface area contributed by atoms with Crippen molar-refractivity contribution in [2.45, 2.75) is 6.10 Å². The summed E-state index contributed by atoms with van der Waals surface area (Å²) in [5, 5.41) is 16.1. The predicted octanol–water partition coefficient (Wildman–Crippen LogP) is 3.40. The number of nitrogens with one attached hydrogen (secondary N) is 1. The number of amides is 1. The van der Waals surface area contributed by atoms with E-state index in [-0.39, 0.29) is 12.5 Å². The minimum absolute atomic E-state index is 0.0522. The van der Waals surface area contributed by atoms with Crippen molar-refractivity contribution in [2.24, 2.45) is 0 Å². The number of aliphatic hydroxyl groups excluding tert-OH is 1. The van der Waals surface area contributed by atoms with E-state index < -0.39 is 6.10 Å². The van der Waals surface area contributed by atoms with E-state index in [1.807, 2.05) is 60.7 Å². The van der Waals surface area contributed by atoms with Crippen molar-refractivity contribution in [1.29, 1.82) is 0 Å². The number of carbonyl (C=O) groups excluding carboxylic acids is 1. The third-order valence-electron chi connectivity index (χ3n) is 4.48. The molecule has 1 aliphatic rings. The zero-order chi connectivity index (χ0) is 16.5. The summed E-state index contributed by atoms with van der Waals surface area (Å²) in [6.45, 7) is 0.659. The van der Waals surface area contributed by atoms with E-state index in [2.05, 4.69) is 5.32 Å². The first-order valence-corrected chi connectivity index (χ1v) is 8.02. The number of aliphatic hydroxyl groups is 1. The SMILES string of the molecule is O=C1c2ccccc2NCN1C[C@@H](O)c1cccc2ccccc12. The Morgan fingerprint density at radius 3 is 2.67 bits per heavy atom. The maximum Gasteiger partial charge on any atom is 0.257 e. The highest BCUT2D eigenvalue weighted by Gasteiger charge is 2.26. The van der Waals surface area contributed by atoms with Gasteiger partial charge in [-0.25, -0.2) is 0 Å². The van der Waals surface area contributed by atoms with Crippen LogP contribution in [0.2, 0.25) is 0 Å². The number of hydrogen-bond donors (Lipinski definition) is 2. The molecule has 0 aromatic heterocycles. The summed E-state index contributed by atoms with van der Waals surface area (Å²) in [6.07, 6.45) is -0.730. The molecule has 0 fully saturated rings. The van der Waals surface area contributed by atoms with E-state index >= 15 is 0 Å². The summed E-state index contributed by atoms with van der Waals surface area (Å²) >= 11 is 0. The lowest BCUT2D eigenvalue weighted by Crippen LogP contribution is -2.42. The minimum atomic E-state index is -0.730. The maximum absolute atomic E-state index is 12.6. The number of β-amino-alcohol motifs (C(OH)–C–C–N with tert-alkyl or cyclic N) is 1. The van der Waals surface area contributed by atoms with Gasteiger partial charge in [-0.3, -0.25) is 4.79 Å². The zero-order valence-corrected chi connectivity index (χ0v) is 13.1. The van der Waals surface area contributed by atoms with Crippen LogP contribution in [0, 0.1) is 0 Å². The number of rotatable bonds is 3. The minimum Gasteiger partial charge on any atom is -0.387 e. The highest BCUT2D eigenvalue weighted by atomic mass is 16.3. The average molecular weight is 318 g/mol. The molecular formula is C20H18N2O2. The van der Waals surface area contributed by atoms with Crippen molar-refractivity contribution in [2.75, 3.05) is 18.5 Å². The van der Waals surface area contributed by atoms with Gasteiger partial charge in [0.15, 0.2) is 0 Å². The molecule has 1 atom stereocenters. The average Bonchev–Trinajstić information content (AvgIpc) is 2.63. The highest BCUT2D eigenvalue weighted by Crippen LogP contribution is 2.27. The van der Waals surface area contributed by atoms with Crippen LogP contribution in [0.15, 0.2) is 66.7 Å². The Kier molecular flexibility index (Phi) is 3.67. The first-order valence-electron chi connectivity index (χ1n) is 8.02. The fourth-order valence-corrected chi connectivity index (χ4v) is 3.24. The third-order valence-corrected chi connectivity index (χ3v) is 4.48. The Labute approximate surface area is 140 Å². The van der Waals surface area contributed by atoms with Crippen LogP contribution in [0.25, 0.3) is 10.8 Å². The molecule has 0 bridgehead atoms. The van der Waals surface area contributed by atoms with Crippen LogP contribution < -0.4 is 5.32 Å². The number of para-hydroxylation sites is 1. The fourth-order valence-electron chi connectivity index (χ4n) is 3.24. The second-order valence-electron chi connectivity index (χ2n) is 5.99. The van der Waals surface area contributed by atoms with Gasteiger partial charge in [0.1, 0.15) is 0 Å². The maximum atomic E-state index is 12.6. The monoisotopic (exact) mass is 318 g/mol. The second-order valence-corrected chi connectivity index (χ2v) is 5.99. The highest BCUT2D eigenvalue weighted by molar-refractivity contribution is 6.01. The summed E-state index contributed by atoms with van der Waals surface area (Å²) < 4.78 is 0. The van der Waals surface area contributed by atoms with Gasteiger partial charge in [0.2, 0.25) is 0 Å². The lowest BCUT2D eigenvalue weighted by atomic mass is 9.99. The molecule has 0 saturated heterocycles. The Morgan fingerprint density at radius 2 is 1.75 bits per heavy atom. The van der Waals surface area contributed by atoms with Crippen LogP contribution in [0.1, 0.15) is 22.0 Å². The summed E-state index contributed by atoms with van der Waals surface area (Å²) in [7, 11) is 0. The predicted molar refractivity (Wildman–Crippen MR) is 94.9 cm³/mol. The Morgan fingerprint density at radius 1 is 1.00 bits per heavy atom. The molecule has 0 saturated carbocycles. The van der Waals surface area contributed by atoms with Crippen molar-refractivity contribution >= 4 is 22.4 Å². The van der Waals surface area contributed by atoms with Gasteiger partial charge in [-0.15, -0.1) is 0 Å². The number of carbonyl (C=O) groups is 1. The first-order chi connectivity index (χ1) is 11.7. The van der Waals surface area contributed by atoms with Gasteiger partial charge < -0.3 is 15.3 Å². The third kappa shape index (κ3) is 2.51. The molecule has 4 heteroatoms. The lowest BCUT2D eigenvalue weighted by molar-refractivity contribution is 0.0630. The van der Waals surface area contributed by atoms with Crippen molar-refractivity contribution in [3.8, 4) is 0 Å². The van der Waals surface area contributed by atoms with E-state index in [1.54, 1.807) is 11.0 Å². The number of nitrogens with zero attached hydrogens (tertiary/aromatic N) is 1. The van der Waals surface area contributed by atoms with Crippen LogP contribution in [-0.4, -0.2) is 29.1 Å². The molecule has 120 valence electrons. The van der Waals surface area contributed by atoms with E-state index in [0.29, 0.717) is 12.2 Å². The van der Waals surface area contributed by atoms with E-state index in [0.717, 1.165) is 22.0 Å². The fraction of sp³-hybridized carbons (Fsp3) is 0.150. The zero-order valence-electron chi connectivity index (χ0n) is 13.1. The largest absolute Gasteiger partial charge is 0.387 e. The molecular weight excluding hydrogens is 300 g/mol. The lowest BCUT2D eigenvalue weighted by Gasteiger charge is -2.31.